The Morgan fingerprint density at radius 2 is 1.51 bits per heavy atom. The number of nitrogens with one attached hydrogen (secondary N) is 5. The van der Waals surface area contributed by atoms with E-state index < -0.39 is 72.1 Å². The number of anilines is 3. The first-order valence-electron chi connectivity index (χ1n) is 28.7. The highest BCUT2D eigenvalue weighted by molar-refractivity contribution is 6.13. The second kappa shape index (κ2) is 27.7. The molecule has 0 spiro atoms. The number of fused-ring (bicyclic) bond motifs is 4. The first-order chi connectivity index (χ1) is 43.1. The fourth-order valence-corrected chi connectivity index (χ4v) is 10.1. The summed E-state index contributed by atoms with van der Waals surface area (Å²) in [5, 5.41) is 23.7. The van der Waals surface area contributed by atoms with Gasteiger partial charge < -0.3 is 61.0 Å². The number of rotatable bonds is 27. The van der Waals surface area contributed by atoms with E-state index in [-0.39, 0.29) is 74.2 Å². The van der Waals surface area contributed by atoms with Gasteiger partial charge in [0.1, 0.15) is 47.0 Å². The third-order valence-electron chi connectivity index (χ3n) is 14.6. The van der Waals surface area contributed by atoms with E-state index in [1.165, 1.54) is 31.1 Å². The minimum Gasteiger partial charge on any atom is -0.495 e. The second-order valence-corrected chi connectivity index (χ2v) is 21.0. The number of primary amides is 2. The largest absolute Gasteiger partial charge is 0.495 e. The van der Waals surface area contributed by atoms with Crippen LogP contribution in [0.5, 0.6) is 11.5 Å². The summed E-state index contributed by atoms with van der Waals surface area (Å²) in [5.74, 6) is -2.06. The van der Waals surface area contributed by atoms with Crippen molar-refractivity contribution in [3.63, 3.8) is 0 Å². The van der Waals surface area contributed by atoms with E-state index in [9.17, 15) is 43.2 Å². The Labute approximate surface area is 514 Å². The van der Waals surface area contributed by atoms with Gasteiger partial charge >= 0.3 is 6.09 Å². The number of carbonyl (C=O) groups excluding carboxylic acids is 9. The number of benzene rings is 3. The number of imidazole rings is 1. The van der Waals surface area contributed by atoms with Crippen LogP contribution in [0.15, 0.2) is 83.9 Å². The summed E-state index contributed by atoms with van der Waals surface area (Å²) in [5.41, 5.74) is 16.0. The summed E-state index contributed by atoms with van der Waals surface area (Å²) in [4.78, 5) is 130. The van der Waals surface area contributed by atoms with Gasteiger partial charge in [0.2, 0.25) is 35.5 Å². The van der Waals surface area contributed by atoms with E-state index in [2.05, 4.69) is 41.8 Å². The van der Waals surface area contributed by atoms with E-state index >= 15 is 0 Å². The number of methoxy groups -OCH3 is 1. The number of aromatic nitrogens is 8. The smallest absolute Gasteiger partial charge is 0.409 e. The van der Waals surface area contributed by atoms with Crippen molar-refractivity contribution in [1.82, 2.24) is 59.1 Å². The van der Waals surface area contributed by atoms with Crippen molar-refractivity contribution in [2.45, 2.75) is 92.5 Å². The number of hydrogen-bond acceptors (Lipinski definition) is 18. The Morgan fingerprint density at radius 1 is 0.822 bits per heavy atom. The van der Waals surface area contributed by atoms with E-state index in [1.54, 1.807) is 76.6 Å². The monoisotopic (exact) mass is 1230 g/mol. The third kappa shape index (κ3) is 14.3. The molecular formula is C60H68N18O12. The standard InChI is InChI=1S/C60H68N18O12/c1-8-77-43(25-33(3)71-77)58(86)70-59-68-42-27-38(53(62)84)29-45(51(42)76(59)22-11-10-21-75-50-40(26-37(52(61)83)28-44(50)88-7)41-30-64-54(69-55(41)75)56-66-35(5)72-78(56)9-2)89-24-12-20-73(6)60(87)90-32-36-13-15-39(16-14-36)67-57(85)34(4)65-47(80)31-63-46(79)19-23-74-48(81)17-18-49(74)82/h10-11,13-18,25-30,34,54,69H,8-9,12,19-24,31-32H2,1-7H3,(H2,61,83)(H2,62,84)(H,63,79)(H,65,80)(H,67,85)(H,68,70,86)/b11-10+/t34-,54?/m0/s1. The number of amides is 9. The van der Waals surface area contributed by atoms with Crippen LogP contribution >= 0.6 is 0 Å². The molecule has 9 amide bonds. The van der Waals surface area contributed by atoms with Crippen LogP contribution in [0.1, 0.15) is 99.5 Å². The average molecular weight is 1230 g/mol. The molecule has 0 saturated carbocycles. The molecule has 2 aliphatic rings. The highest BCUT2D eigenvalue weighted by Crippen LogP contribution is 2.40. The Hall–Kier alpha value is -11.2. The number of carbonyl (C=O) groups is 9. The molecule has 4 aromatic heterocycles. The molecular weight excluding hydrogens is 1160 g/mol. The molecule has 0 bridgehead atoms. The van der Waals surface area contributed by atoms with Crippen LogP contribution in [0.3, 0.4) is 0 Å². The maximum Gasteiger partial charge on any atom is 0.409 e. The molecule has 7 aromatic rings. The van der Waals surface area contributed by atoms with Crippen molar-refractivity contribution in [2.75, 3.05) is 56.3 Å². The Balaban J connectivity index is 0.856. The van der Waals surface area contributed by atoms with Gasteiger partial charge in [0.15, 0.2) is 12.0 Å². The van der Waals surface area contributed by atoms with Gasteiger partial charge in [0, 0.05) is 98.9 Å². The molecule has 470 valence electrons. The highest BCUT2D eigenvalue weighted by atomic mass is 16.6. The normalized spacial score (nSPS) is 13.8. The number of aryl methyl sites for hydroxylation is 4. The lowest BCUT2D eigenvalue weighted by Crippen LogP contribution is -2.46. The maximum atomic E-state index is 14.1. The van der Waals surface area contributed by atoms with Gasteiger partial charge in [0.25, 0.3) is 17.7 Å². The average Bonchev–Trinajstić information content (AvgIpc) is 1.61. The molecule has 90 heavy (non-hydrogen) atoms. The number of nitrogens with zero attached hydrogens (tertiary/aromatic N) is 11. The van der Waals surface area contributed by atoms with Crippen LogP contribution < -0.4 is 47.5 Å². The predicted molar refractivity (Wildman–Crippen MR) is 328 cm³/mol. The topological polar surface area (TPSA) is 384 Å². The summed E-state index contributed by atoms with van der Waals surface area (Å²) >= 11 is 0. The number of aliphatic imine (C=N–C) groups is 1. The van der Waals surface area contributed by atoms with Crippen LogP contribution in [0.4, 0.5) is 22.2 Å². The molecule has 1 unspecified atom stereocenters. The zero-order chi connectivity index (χ0) is 64.5. The lowest BCUT2D eigenvalue weighted by atomic mass is 10.1. The fourth-order valence-electron chi connectivity index (χ4n) is 10.1. The van der Waals surface area contributed by atoms with Crippen molar-refractivity contribution in [3.05, 3.63) is 124 Å². The number of allylic oxidation sites excluding steroid dienone is 2. The first-order valence-corrected chi connectivity index (χ1v) is 28.7. The molecule has 2 aliphatic heterocycles. The van der Waals surface area contributed by atoms with Gasteiger partial charge in [-0.25, -0.2) is 19.4 Å². The molecule has 0 aliphatic carbocycles. The minimum absolute atomic E-state index is 0.0422. The highest BCUT2D eigenvalue weighted by Gasteiger charge is 2.30. The molecule has 9 rings (SSSR count). The third-order valence-corrected chi connectivity index (χ3v) is 14.6. The van der Waals surface area contributed by atoms with Gasteiger partial charge in [-0.2, -0.15) is 10.2 Å². The van der Waals surface area contributed by atoms with Crippen LogP contribution in [-0.2, 0) is 61.5 Å². The van der Waals surface area contributed by atoms with Gasteiger partial charge in [-0.3, -0.25) is 58.2 Å². The molecule has 2 atom stereocenters. The molecule has 3 aromatic carbocycles. The quantitative estimate of drug-likeness (QED) is 0.0220. The number of imide groups is 1. The summed E-state index contributed by atoms with van der Waals surface area (Å²) < 4.78 is 24.9. The summed E-state index contributed by atoms with van der Waals surface area (Å²) in [6.45, 7) is 9.77. The number of ether oxygens (including phenoxy) is 3. The van der Waals surface area contributed by atoms with Crippen LogP contribution in [0, 0.1) is 13.8 Å². The van der Waals surface area contributed by atoms with Crippen LogP contribution in [0.2, 0.25) is 0 Å². The molecule has 9 N–H and O–H groups in total. The zero-order valence-electron chi connectivity index (χ0n) is 50.5. The Morgan fingerprint density at radius 3 is 2.20 bits per heavy atom. The molecule has 30 nitrogen and oxygen atoms in total. The second-order valence-electron chi connectivity index (χ2n) is 21.0. The Kier molecular flexibility index (Phi) is 19.5. The van der Waals surface area contributed by atoms with Gasteiger partial charge in [-0.15, -0.1) is 0 Å². The molecule has 0 saturated heterocycles. The number of nitrogens with two attached hydrogens (primary N) is 2. The van der Waals surface area contributed by atoms with Crippen molar-refractivity contribution >= 4 is 99.0 Å². The van der Waals surface area contributed by atoms with Crippen molar-refractivity contribution < 1.29 is 57.4 Å². The van der Waals surface area contributed by atoms with E-state index in [4.69, 9.17) is 35.7 Å². The van der Waals surface area contributed by atoms with Gasteiger partial charge in [0.05, 0.1) is 37.0 Å². The zero-order valence-corrected chi connectivity index (χ0v) is 50.5. The lowest BCUT2D eigenvalue weighted by Gasteiger charge is -2.21. The first kappa shape index (κ1) is 63.3. The van der Waals surface area contributed by atoms with E-state index in [1.807, 2.05) is 37.5 Å². The predicted octanol–water partition coefficient (Wildman–Crippen LogP) is 3.61. The van der Waals surface area contributed by atoms with Gasteiger partial charge in [-0.05, 0) is 89.1 Å². The summed E-state index contributed by atoms with van der Waals surface area (Å²) in [7, 11) is 3.07. The van der Waals surface area contributed by atoms with Crippen LogP contribution in [-0.4, -0.2) is 154 Å². The molecule has 30 heteroatoms. The SMILES string of the molecule is CCn1nc(C)cc1C(=O)Nc1nc2cc(C(N)=O)cc(OCCCN(C)C(=O)OCc3ccc(NC(=O)[C@H](C)NC(=O)CNC(=O)CCN4C(=O)C=CC4=O)cc3)c2n1C/C=C/Cn1c2c(c3cc(C(N)=O)cc(OC)c31)C=NC(c1nc(C)nn1CC)N2. The van der Waals surface area contributed by atoms with Crippen molar-refractivity contribution in [3.8, 4) is 11.5 Å². The van der Waals surface area contributed by atoms with Gasteiger partial charge in [-0.1, -0.05) is 24.3 Å². The molecule has 6 heterocycles. The fraction of sp³-hybridized carbons (Fsp3) is 0.333. The maximum absolute atomic E-state index is 14.1. The van der Waals surface area contributed by atoms with Crippen LogP contribution in [0.25, 0.3) is 21.9 Å². The lowest BCUT2D eigenvalue weighted by molar-refractivity contribution is -0.137. The molecule has 0 radical (unpaired) electrons. The van der Waals surface area contributed by atoms with E-state index in [0.717, 1.165) is 17.1 Å². The Bertz CT molecular complexity index is 4060. The van der Waals surface area contributed by atoms with E-state index in [0.29, 0.717) is 87.3 Å². The van der Waals surface area contributed by atoms with Crippen molar-refractivity contribution in [1.29, 1.82) is 0 Å². The molecule has 0 fully saturated rings. The van der Waals surface area contributed by atoms with Crippen molar-refractivity contribution in [2.24, 2.45) is 16.5 Å². The summed E-state index contributed by atoms with van der Waals surface area (Å²) in [6, 6.07) is 13.5. The number of hydrogen-bond donors (Lipinski definition) is 7. The minimum atomic E-state index is -0.987. The summed E-state index contributed by atoms with van der Waals surface area (Å²) in [6.07, 6.45) is 6.59.